The maximum absolute atomic E-state index is 7.80. The Morgan fingerprint density at radius 1 is 1.20 bits per heavy atom. The fraction of sp³-hybridized carbons (Fsp3) is 0.500. The first-order valence-corrected chi connectivity index (χ1v) is 3.90. The molecule has 0 spiro atoms. The second-order valence-corrected chi connectivity index (χ2v) is 2.05. The Balaban J connectivity index is 0. The molecule has 1 N–H and O–H groups in total. The highest BCUT2D eigenvalue weighted by atomic mass is 32.1. The molecular formula is C8H16OS. The average molecular weight is 160 g/mol. The fourth-order valence-corrected chi connectivity index (χ4v) is 0.236. The number of thiol groups is 1. The van der Waals surface area contributed by atoms with Gasteiger partial charge < -0.3 is 5.11 Å². The number of allylic oxidation sites excluding steroid dienone is 2. The summed E-state index contributed by atoms with van der Waals surface area (Å²) in [6.07, 6.45) is 5.90. The topological polar surface area (TPSA) is 20.2 Å². The molecule has 0 aromatic carbocycles. The van der Waals surface area contributed by atoms with Gasteiger partial charge in [0.2, 0.25) is 0 Å². The summed E-state index contributed by atoms with van der Waals surface area (Å²) in [6, 6.07) is 0. The molecule has 1 nitrogen and oxygen atoms in total. The summed E-state index contributed by atoms with van der Waals surface area (Å²) in [5, 5.41) is 7.80. The molecular weight excluding hydrogens is 144 g/mol. The summed E-state index contributed by atoms with van der Waals surface area (Å²) in [4.78, 5) is 0. The number of hydrogen-bond donors (Lipinski definition) is 2. The third kappa shape index (κ3) is 25.0. The van der Waals surface area contributed by atoms with Gasteiger partial charge in [-0.05, 0) is 12.8 Å². The van der Waals surface area contributed by atoms with Crippen molar-refractivity contribution in [1.29, 1.82) is 0 Å². The van der Waals surface area contributed by atoms with Gasteiger partial charge in [0, 0.05) is 5.75 Å². The molecule has 0 aromatic rings. The van der Waals surface area contributed by atoms with Crippen molar-refractivity contribution < 1.29 is 5.11 Å². The van der Waals surface area contributed by atoms with Crippen molar-refractivity contribution in [2.45, 2.75) is 12.8 Å². The lowest BCUT2D eigenvalue weighted by atomic mass is 10.3. The van der Waals surface area contributed by atoms with Gasteiger partial charge in [0.25, 0.3) is 0 Å². The summed E-state index contributed by atoms with van der Waals surface area (Å²) >= 11 is 3.67. The van der Waals surface area contributed by atoms with Crippen LogP contribution in [0.25, 0.3) is 0 Å². The van der Waals surface area contributed by atoms with Crippen LogP contribution in [-0.4, -0.2) is 17.5 Å². The van der Waals surface area contributed by atoms with Crippen molar-refractivity contribution >= 4 is 12.6 Å². The molecule has 0 aliphatic rings. The smallest absolute Gasteiger partial charge is 0.0519 e. The minimum atomic E-state index is 0.184. The second-order valence-electron chi connectivity index (χ2n) is 1.60. The normalized spacial score (nSPS) is 7.40. The molecule has 0 bridgehead atoms. The Morgan fingerprint density at radius 3 is 1.60 bits per heavy atom. The number of rotatable bonds is 4. The predicted octanol–water partition coefficient (Wildman–Crippen LogP) is 2.05. The quantitative estimate of drug-likeness (QED) is 0.366. The highest BCUT2D eigenvalue weighted by molar-refractivity contribution is 7.80. The predicted molar refractivity (Wildman–Crippen MR) is 50.6 cm³/mol. The van der Waals surface area contributed by atoms with E-state index in [2.05, 4.69) is 25.8 Å². The van der Waals surface area contributed by atoms with Gasteiger partial charge >= 0.3 is 0 Å². The van der Waals surface area contributed by atoms with E-state index in [0.717, 1.165) is 12.8 Å². The van der Waals surface area contributed by atoms with Gasteiger partial charge in [-0.1, -0.05) is 12.2 Å². The maximum Gasteiger partial charge on any atom is 0.0519 e. The summed E-state index contributed by atoms with van der Waals surface area (Å²) in [5.74, 6) is 0.569. The first-order chi connectivity index (χ1) is 4.83. The van der Waals surface area contributed by atoms with Crippen LogP contribution in [0.2, 0.25) is 0 Å². The lowest BCUT2D eigenvalue weighted by molar-refractivity contribution is 0.323. The number of aliphatic hydroxyl groups is 1. The molecule has 0 saturated heterocycles. The zero-order valence-electron chi connectivity index (χ0n) is 6.29. The number of unbranched alkanes of at least 4 members (excludes halogenated alkanes) is 1. The van der Waals surface area contributed by atoms with Crippen LogP contribution in [0.1, 0.15) is 12.8 Å². The van der Waals surface area contributed by atoms with Crippen LogP contribution in [-0.2, 0) is 0 Å². The zero-order chi connectivity index (χ0) is 8.24. The summed E-state index contributed by atoms with van der Waals surface area (Å²) in [7, 11) is 0. The molecule has 60 valence electrons. The standard InChI is InChI=1S/C6H10.C2H6OS/c1-3-5-6-4-2;3-1-2-4/h3-4H,1-2,5-6H2;3-4H,1-2H2. The summed E-state index contributed by atoms with van der Waals surface area (Å²) in [6.45, 7) is 7.28. The molecule has 0 aliphatic carbocycles. The van der Waals surface area contributed by atoms with E-state index < -0.39 is 0 Å². The molecule has 0 atom stereocenters. The van der Waals surface area contributed by atoms with Crippen LogP contribution in [0.15, 0.2) is 25.3 Å². The SMILES string of the molecule is C=CCCC=C.OCCS. The Bertz CT molecular complexity index is 61.7. The van der Waals surface area contributed by atoms with Crippen LogP contribution in [0.3, 0.4) is 0 Å². The van der Waals surface area contributed by atoms with E-state index in [-0.39, 0.29) is 6.61 Å². The first kappa shape index (κ1) is 12.5. The van der Waals surface area contributed by atoms with Crippen molar-refractivity contribution in [3.63, 3.8) is 0 Å². The van der Waals surface area contributed by atoms with Crippen LogP contribution in [0, 0.1) is 0 Å². The highest BCUT2D eigenvalue weighted by Gasteiger charge is 1.66. The van der Waals surface area contributed by atoms with Gasteiger partial charge in [0.15, 0.2) is 0 Å². The zero-order valence-corrected chi connectivity index (χ0v) is 7.19. The van der Waals surface area contributed by atoms with E-state index in [9.17, 15) is 0 Å². The minimum absolute atomic E-state index is 0.184. The maximum atomic E-state index is 7.80. The van der Waals surface area contributed by atoms with E-state index in [1.807, 2.05) is 12.2 Å². The molecule has 0 aliphatic heterocycles. The third-order valence-corrected chi connectivity index (χ3v) is 0.875. The summed E-state index contributed by atoms with van der Waals surface area (Å²) in [5.41, 5.74) is 0. The van der Waals surface area contributed by atoms with Crippen LogP contribution in [0.5, 0.6) is 0 Å². The van der Waals surface area contributed by atoms with Crippen molar-refractivity contribution in [2.24, 2.45) is 0 Å². The number of aliphatic hydroxyl groups excluding tert-OH is 1. The lowest BCUT2D eigenvalue weighted by Gasteiger charge is -1.76. The van der Waals surface area contributed by atoms with E-state index in [1.165, 1.54) is 0 Å². The summed E-state index contributed by atoms with van der Waals surface area (Å²) < 4.78 is 0. The van der Waals surface area contributed by atoms with Crippen molar-refractivity contribution in [3.8, 4) is 0 Å². The molecule has 0 radical (unpaired) electrons. The monoisotopic (exact) mass is 160 g/mol. The van der Waals surface area contributed by atoms with Gasteiger partial charge in [-0.3, -0.25) is 0 Å². The van der Waals surface area contributed by atoms with E-state index in [1.54, 1.807) is 0 Å². The van der Waals surface area contributed by atoms with Crippen molar-refractivity contribution in [1.82, 2.24) is 0 Å². The Morgan fingerprint density at radius 2 is 1.50 bits per heavy atom. The van der Waals surface area contributed by atoms with Gasteiger partial charge in [-0.25, -0.2) is 0 Å². The number of hydrogen-bond acceptors (Lipinski definition) is 2. The van der Waals surface area contributed by atoms with Crippen LogP contribution < -0.4 is 0 Å². The highest BCUT2D eigenvalue weighted by Crippen LogP contribution is 1.86. The Hall–Kier alpha value is -0.210. The molecule has 0 unspecified atom stereocenters. The van der Waals surface area contributed by atoms with E-state index in [4.69, 9.17) is 5.11 Å². The lowest BCUT2D eigenvalue weighted by Crippen LogP contribution is -1.76. The minimum Gasteiger partial charge on any atom is -0.396 e. The first-order valence-electron chi connectivity index (χ1n) is 3.27. The molecule has 0 amide bonds. The molecule has 0 saturated carbocycles. The van der Waals surface area contributed by atoms with Crippen LogP contribution in [0.4, 0.5) is 0 Å². The average Bonchev–Trinajstić information content (AvgIpc) is 2.01. The molecule has 0 aromatic heterocycles. The largest absolute Gasteiger partial charge is 0.396 e. The molecule has 2 heteroatoms. The Kier molecular flexibility index (Phi) is 19.8. The van der Waals surface area contributed by atoms with E-state index >= 15 is 0 Å². The molecule has 0 fully saturated rings. The Labute approximate surface area is 68.9 Å². The van der Waals surface area contributed by atoms with Crippen molar-refractivity contribution in [2.75, 3.05) is 12.4 Å². The second kappa shape index (κ2) is 15.9. The van der Waals surface area contributed by atoms with Gasteiger partial charge in [0.1, 0.15) is 0 Å². The van der Waals surface area contributed by atoms with E-state index in [0.29, 0.717) is 5.75 Å². The van der Waals surface area contributed by atoms with Crippen LogP contribution >= 0.6 is 12.6 Å². The fourth-order valence-electron chi connectivity index (χ4n) is 0.236. The third-order valence-electron chi connectivity index (χ3n) is 0.675. The van der Waals surface area contributed by atoms with Gasteiger partial charge in [0.05, 0.1) is 6.61 Å². The molecule has 10 heavy (non-hydrogen) atoms. The molecule has 0 rings (SSSR count). The van der Waals surface area contributed by atoms with Gasteiger partial charge in [-0.15, -0.1) is 13.2 Å². The van der Waals surface area contributed by atoms with Gasteiger partial charge in [-0.2, -0.15) is 12.6 Å². The molecule has 0 heterocycles. The van der Waals surface area contributed by atoms with Crippen molar-refractivity contribution in [3.05, 3.63) is 25.3 Å².